The van der Waals surface area contributed by atoms with Crippen molar-refractivity contribution < 1.29 is 0 Å². The molecule has 0 saturated carbocycles. The quantitative estimate of drug-likeness (QED) is 0.156. The number of anilines is 3. The number of hydrogen-bond acceptors (Lipinski definition) is 1. The molecule has 0 N–H and O–H groups in total. The average molecular weight is 820 g/mol. The third-order valence-electron chi connectivity index (χ3n) is 14.6. The van der Waals surface area contributed by atoms with E-state index in [1.165, 1.54) is 130 Å². The van der Waals surface area contributed by atoms with Crippen LogP contribution < -0.4 is 4.90 Å². The van der Waals surface area contributed by atoms with Crippen molar-refractivity contribution >= 4 is 125 Å². The Morgan fingerprint density at radius 3 is 1.37 bits per heavy atom. The number of nitrogens with zero attached hydrogens (tertiary/aromatic N) is 1. The fraction of sp³-hybridized carbons (Fsp3) is 0. The minimum Gasteiger partial charge on any atom is -0.310 e. The molecule has 15 aromatic carbocycles. The molecule has 298 valence electrons. The Labute approximate surface area is 374 Å². The average Bonchev–Trinajstić information content (AvgIpc) is 3.86. The van der Waals surface area contributed by atoms with Crippen LogP contribution in [0, 0.1) is 0 Å². The molecule has 0 atom stereocenters. The molecule has 0 aliphatic rings. The standard InChI is InChI=1S/C64H37N/c1-5-15-38(16-6-1)58-55-37-52-51(49-26-14-25-48-47-32-30-46(33-43(47)35-53(52)61(48)49)65(44-21-9-3-10-22-44)45-23-11-4-12-24-45)36-54(55)59(39-17-7-2-8-18-39)64-56-34-42-20-13-19-40-27-28-41-29-31-50(63(58)64)62(56)60(41)57(40)42/h1-37H. The van der Waals surface area contributed by atoms with Gasteiger partial charge in [0.05, 0.1) is 0 Å². The highest BCUT2D eigenvalue weighted by Crippen LogP contribution is 2.55. The van der Waals surface area contributed by atoms with Crippen molar-refractivity contribution in [2.24, 2.45) is 0 Å². The highest BCUT2D eigenvalue weighted by Gasteiger charge is 2.27. The molecular formula is C64H37N. The fourth-order valence-electron chi connectivity index (χ4n) is 12.0. The van der Waals surface area contributed by atoms with Crippen LogP contribution in [-0.2, 0) is 0 Å². The summed E-state index contributed by atoms with van der Waals surface area (Å²) in [6, 6.07) is 83.9. The molecule has 0 amide bonds. The van der Waals surface area contributed by atoms with Gasteiger partial charge in [-0.15, -0.1) is 0 Å². The van der Waals surface area contributed by atoms with Gasteiger partial charge in [0.1, 0.15) is 0 Å². The minimum atomic E-state index is 1.13. The Hall–Kier alpha value is -8.52. The molecule has 1 heteroatoms. The molecule has 0 saturated heterocycles. The van der Waals surface area contributed by atoms with E-state index in [-0.39, 0.29) is 0 Å². The summed E-state index contributed by atoms with van der Waals surface area (Å²) in [4.78, 5) is 2.36. The van der Waals surface area contributed by atoms with Crippen molar-refractivity contribution in [1.82, 2.24) is 0 Å². The molecule has 0 fully saturated rings. The van der Waals surface area contributed by atoms with Gasteiger partial charge in [-0.2, -0.15) is 0 Å². The molecule has 0 unspecified atom stereocenters. The van der Waals surface area contributed by atoms with Gasteiger partial charge in [0.15, 0.2) is 0 Å². The molecule has 0 spiro atoms. The van der Waals surface area contributed by atoms with Gasteiger partial charge >= 0.3 is 0 Å². The zero-order valence-electron chi connectivity index (χ0n) is 35.3. The molecule has 65 heavy (non-hydrogen) atoms. The summed E-state index contributed by atoms with van der Waals surface area (Å²) in [5.74, 6) is 0. The lowest BCUT2D eigenvalue weighted by Crippen LogP contribution is -2.09. The van der Waals surface area contributed by atoms with Gasteiger partial charge in [-0.05, 0) is 191 Å². The van der Waals surface area contributed by atoms with Crippen molar-refractivity contribution in [2.45, 2.75) is 0 Å². The van der Waals surface area contributed by atoms with Crippen LogP contribution in [0.25, 0.3) is 130 Å². The summed E-state index contributed by atoms with van der Waals surface area (Å²) in [7, 11) is 0. The zero-order chi connectivity index (χ0) is 42.3. The van der Waals surface area contributed by atoms with E-state index >= 15 is 0 Å². The normalized spacial score (nSPS) is 12.3. The summed E-state index contributed by atoms with van der Waals surface area (Å²) in [5.41, 5.74) is 8.49. The van der Waals surface area contributed by atoms with Gasteiger partial charge < -0.3 is 4.90 Å². The molecular weight excluding hydrogens is 783 g/mol. The van der Waals surface area contributed by atoms with E-state index in [0.29, 0.717) is 0 Å². The highest BCUT2D eigenvalue weighted by atomic mass is 15.1. The summed E-state index contributed by atoms with van der Waals surface area (Å²) < 4.78 is 0. The molecule has 0 heterocycles. The minimum absolute atomic E-state index is 1.13. The smallest absolute Gasteiger partial charge is 0.0468 e. The van der Waals surface area contributed by atoms with E-state index in [9.17, 15) is 0 Å². The van der Waals surface area contributed by atoms with E-state index in [1.807, 2.05) is 0 Å². The molecule has 0 radical (unpaired) electrons. The molecule has 0 bridgehead atoms. The molecule has 0 aliphatic carbocycles. The van der Waals surface area contributed by atoms with Crippen LogP contribution in [0.5, 0.6) is 0 Å². The van der Waals surface area contributed by atoms with Gasteiger partial charge in [0.2, 0.25) is 0 Å². The molecule has 1 nitrogen and oxygen atoms in total. The van der Waals surface area contributed by atoms with Gasteiger partial charge in [0, 0.05) is 17.1 Å². The summed E-state index contributed by atoms with van der Waals surface area (Å²) in [6.07, 6.45) is 0. The predicted octanol–water partition coefficient (Wildman–Crippen LogP) is 18.3. The first-order valence-electron chi connectivity index (χ1n) is 22.7. The monoisotopic (exact) mass is 819 g/mol. The third-order valence-corrected chi connectivity index (χ3v) is 14.6. The maximum absolute atomic E-state index is 2.56. The van der Waals surface area contributed by atoms with Gasteiger partial charge in [-0.3, -0.25) is 0 Å². The lowest BCUT2D eigenvalue weighted by molar-refractivity contribution is 1.29. The van der Waals surface area contributed by atoms with Crippen molar-refractivity contribution in [2.75, 3.05) is 4.90 Å². The van der Waals surface area contributed by atoms with Crippen molar-refractivity contribution in [1.29, 1.82) is 0 Å². The maximum atomic E-state index is 2.56. The number of fused-ring (bicyclic) bond motifs is 9. The number of rotatable bonds is 5. The zero-order valence-corrected chi connectivity index (χ0v) is 35.3. The van der Waals surface area contributed by atoms with Crippen molar-refractivity contribution in [3.8, 4) is 22.3 Å². The van der Waals surface area contributed by atoms with E-state index in [0.717, 1.165) is 17.1 Å². The van der Waals surface area contributed by atoms with E-state index in [2.05, 4.69) is 229 Å². The lowest BCUT2D eigenvalue weighted by atomic mass is 9.85. The number of para-hydroxylation sites is 2. The van der Waals surface area contributed by atoms with E-state index in [1.54, 1.807) is 0 Å². The largest absolute Gasteiger partial charge is 0.310 e. The van der Waals surface area contributed by atoms with E-state index in [4.69, 9.17) is 0 Å². The molecule has 0 aromatic heterocycles. The predicted molar refractivity (Wildman–Crippen MR) is 281 cm³/mol. The Balaban J connectivity index is 1.12. The second-order valence-electron chi connectivity index (χ2n) is 17.9. The second-order valence-corrected chi connectivity index (χ2v) is 17.9. The van der Waals surface area contributed by atoms with Crippen LogP contribution >= 0.6 is 0 Å². The van der Waals surface area contributed by atoms with Crippen LogP contribution in [0.15, 0.2) is 224 Å². The topological polar surface area (TPSA) is 3.24 Å². The Morgan fingerprint density at radius 2 is 0.708 bits per heavy atom. The van der Waals surface area contributed by atoms with Crippen molar-refractivity contribution in [3.63, 3.8) is 0 Å². The summed E-state index contributed by atoms with van der Waals surface area (Å²) >= 11 is 0. The first-order valence-corrected chi connectivity index (χ1v) is 22.7. The SMILES string of the molecule is c1ccc(-c2c3cc4c(cc3c(-c3ccccc3)c3c5cc6cccc7ccc8ccc(c23)c5c8c76)c2cccc3c5ccc(N(c6ccccc6)c6ccccc6)cc5cc4c32)cc1. The Bertz CT molecular complexity index is 4330. The van der Waals surface area contributed by atoms with Crippen LogP contribution in [0.1, 0.15) is 0 Å². The fourth-order valence-corrected chi connectivity index (χ4v) is 12.0. The van der Waals surface area contributed by atoms with Gasteiger partial charge in [0.25, 0.3) is 0 Å². The van der Waals surface area contributed by atoms with Crippen LogP contribution in [0.3, 0.4) is 0 Å². The highest BCUT2D eigenvalue weighted by molar-refractivity contribution is 6.46. The molecule has 0 aliphatic heterocycles. The Morgan fingerprint density at radius 1 is 0.200 bits per heavy atom. The van der Waals surface area contributed by atoms with Gasteiger partial charge in [-0.25, -0.2) is 0 Å². The van der Waals surface area contributed by atoms with Gasteiger partial charge in [-0.1, -0.05) is 164 Å². The molecule has 15 rings (SSSR count). The number of benzene rings is 13. The third kappa shape index (κ3) is 4.77. The Kier molecular flexibility index (Phi) is 7.01. The second kappa shape index (κ2) is 13.0. The summed E-state index contributed by atoms with van der Waals surface area (Å²) in [5, 5.41) is 26.2. The number of hydrogen-bond donors (Lipinski definition) is 0. The van der Waals surface area contributed by atoms with E-state index < -0.39 is 0 Å². The first-order chi connectivity index (χ1) is 32.3. The van der Waals surface area contributed by atoms with Crippen LogP contribution in [0.2, 0.25) is 0 Å². The van der Waals surface area contributed by atoms with Crippen LogP contribution in [-0.4, -0.2) is 0 Å². The molecule has 15 aromatic rings. The van der Waals surface area contributed by atoms with Crippen molar-refractivity contribution in [3.05, 3.63) is 224 Å². The lowest BCUT2D eigenvalue weighted by Gasteiger charge is -2.25. The maximum Gasteiger partial charge on any atom is 0.0468 e. The van der Waals surface area contributed by atoms with Crippen LogP contribution in [0.4, 0.5) is 17.1 Å². The first kappa shape index (κ1) is 35.0. The summed E-state index contributed by atoms with van der Waals surface area (Å²) in [6.45, 7) is 0.